The number of para-hydroxylation sites is 1. The van der Waals surface area contributed by atoms with Gasteiger partial charge in [0, 0.05) is 18.2 Å². The van der Waals surface area contributed by atoms with Crippen LogP contribution in [0.5, 0.6) is 5.75 Å². The molecule has 0 saturated carbocycles. The monoisotopic (exact) mass is 345 g/mol. The molecule has 6 nitrogen and oxygen atoms in total. The highest BCUT2D eigenvalue weighted by Crippen LogP contribution is 2.26. The molecular formula is C18H16FNO5. The van der Waals surface area contributed by atoms with Crippen LogP contribution in [0, 0.1) is 5.82 Å². The lowest BCUT2D eigenvalue weighted by Crippen LogP contribution is -2.17. The quantitative estimate of drug-likeness (QED) is 0.691. The lowest BCUT2D eigenvalue weighted by atomic mass is 10.1. The highest BCUT2D eigenvalue weighted by Gasteiger charge is 2.17. The van der Waals surface area contributed by atoms with Crippen LogP contribution in [0.3, 0.4) is 0 Å². The van der Waals surface area contributed by atoms with Crippen LogP contribution in [0.25, 0.3) is 0 Å². The highest BCUT2D eigenvalue weighted by atomic mass is 19.1. The second-order valence-corrected chi connectivity index (χ2v) is 5.07. The molecule has 0 heterocycles. The summed E-state index contributed by atoms with van der Waals surface area (Å²) in [4.78, 5) is 22.6. The van der Waals surface area contributed by atoms with Crippen molar-refractivity contribution in [3.63, 3.8) is 0 Å². The summed E-state index contributed by atoms with van der Waals surface area (Å²) in [6, 6.07) is 12.2. The van der Waals surface area contributed by atoms with Gasteiger partial charge in [0.2, 0.25) is 0 Å². The summed E-state index contributed by atoms with van der Waals surface area (Å²) in [7, 11) is 0. The number of hydrogen-bond acceptors (Lipinski definition) is 4. The third-order valence-corrected chi connectivity index (χ3v) is 3.22. The molecule has 2 aromatic carbocycles. The van der Waals surface area contributed by atoms with E-state index in [9.17, 15) is 19.1 Å². The van der Waals surface area contributed by atoms with Crippen molar-refractivity contribution < 1.29 is 28.9 Å². The molecule has 1 atom stereocenters. The van der Waals surface area contributed by atoms with Crippen molar-refractivity contribution in [2.24, 2.45) is 0 Å². The number of nitrogens with one attached hydrogen (secondary N) is 1. The molecule has 0 aromatic heterocycles. The van der Waals surface area contributed by atoms with E-state index in [0.717, 1.165) is 18.2 Å². The van der Waals surface area contributed by atoms with Crippen molar-refractivity contribution in [1.82, 2.24) is 0 Å². The van der Waals surface area contributed by atoms with Crippen LogP contribution in [-0.2, 0) is 9.53 Å². The van der Waals surface area contributed by atoms with E-state index in [2.05, 4.69) is 5.32 Å². The minimum Gasteiger partial charge on any atom is -0.505 e. The number of aliphatic carboxylic acids is 1. The van der Waals surface area contributed by atoms with Gasteiger partial charge < -0.3 is 14.9 Å². The van der Waals surface area contributed by atoms with Crippen molar-refractivity contribution in [3.8, 4) is 5.75 Å². The second kappa shape index (κ2) is 8.49. The van der Waals surface area contributed by atoms with Crippen molar-refractivity contribution in [2.45, 2.75) is 12.5 Å². The topological polar surface area (TPSA) is 95.9 Å². The van der Waals surface area contributed by atoms with E-state index in [1.165, 1.54) is 12.1 Å². The minimum absolute atomic E-state index is 0.0265. The maximum atomic E-state index is 13.6. The molecule has 0 radical (unpaired) electrons. The van der Waals surface area contributed by atoms with E-state index < -0.39 is 29.7 Å². The molecular weight excluding hydrogens is 329 g/mol. The Balaban J connectivity index is 2.14. The first-order chi connectivity index (χ1) is 12.0. The van der Waals surface area contributed by atoms with Gasteiger partial charge in [-0.15, -0.1) is 0 Å². The third kappa shape index (κ3) is 5.65. The molecule has 0 spiro atoms. The average molecular weight is 345 g/mol. The van der Waals surface area contributed by atoms with Crippen LogP contribution in [0.2, 0.25) is 0 Å². The van der Waals surface area contributed by atoms with E-state index in [0.29, 0.717) is 5.69 Å². The first-order valence-corrected chi connectivity index (χ1v) is 7.36. The van der Waals surface area contributed by atoms with Gasteiger partial charge in [-0.25, -0.2) is 14.0 Å². The number of carbonyl (C=O) groups is 2. The van der Waals surface area contributed by atoms with Crippen molar-refractivity contribution in [3.05, 3.63) is 72.1 Å². The zero-order chi connectivity index (χ0) is 18.2. The number of ether oxygens (including phenoxy) is 1. The fourth-order valence-electron chi connectivity index (χ4n) is 2.07. The third-order valence-electron chi connectivity index (χ3n) is 3.22. The predicted octanol–water partition coefficient (Wildman–Crippen LogP) is 3.85. The summed E-state index contributed by atoms with van der Waals surface area (Å²) in [6.45, 7) is 0. The summed E-state index contributed by atoms with van der Waals surface area (Å²) in [5.74, 6) is -2.54. The maximum Gasteiger partial charge on any atom is 0.412 e. The number of carbonyl (C=O) groups excluding carboxylic acids is 1. The lowest BCUT2D eigenvalue weighted by Gasteiger charge is -2.17. The van der Waals surface area contributed by atoms with Gasteiger partial charge in [0.15, 0.2) is 11.6 Å². The molecule has 0 fully saturated rings. The number of aromatic hydroxyl groups is 1. The fourth-order valence-corrected chi connectivity index (χ4v) is 2.07. The lowest BCUT2D eigenvalue weighted by molar-refractivity contribution is -0.131. The van der Waals surface area contributed by atoms with Gasteiger partial charge in [0.05, 0.1) is 0 Å². The molecule has 0 aliphatic carbocycles. The zero-order valence-corrected chi connectivity index (χ0v) is 13.1. The molecule has 1 amide bonds. The summed E-state index contributed by atoms with van der Waals surface area (Å²) >= 11 is 0. The van der Waals surface area contributed by atoms with Crippen molar-refractivity contribution in [2.75, 3.05) is 5.32 Å². The van der Waals surface area contributed by atoms with E-state index in [4.69, 9.17) is 9.84 Å². The zero-order valence-electron chi connectivity index (χ0n) is 13.1. The van der Waals surface area contributed by atoms with Gasteiger partial charge >= 0.3 is 12.1 Å². The summed E-state index contributed by atoms with van der Waals surface area (Å²) in [6.07, 6.45) is 0.539. The molecule has 7 heteroatoms. The van der Waals surface area contributed by atoms with Crippen LogP contribution >= 0.6 is 0 Å². The smallest absolute Gasteiger partial charge is 0.412 e. The molecule has 0 unspecified atom stereocenters. The molecule has 0 aliphatic rings. The standard InChI is InChI=1S/C18H16FNO5/c19-14-11-12(9-10-15(14)21)16(7-4-8-17(22)23)25-18(24)20-13-5-2-1-3-6-13/h1-6,8-11,16,21H,7H2,(H,20,24)(H,22,23)/b8-4+/t16-/m1/s1. The van der Waals surface area contributed by atoms with Gasteiger partial charge in [-0.05, 0) is 29.8 Å². The fraction of sp³-hybridized carbons (Fsp3) is 0.111. The Morgan fingerprint density at radius 3 is 2.56 bits per heavy atom. The first-order valence-electron chi connectivity index (χ1n) is 7.36. The SMILES string of the molecule is O=C(O)/C=C/C[C@@H](OC(=O)Nc1ccccc1)c1ccc(O)c(F)c1. The van der Waals surface area contributed by atoms with E-state index in [1.807, 2.05) is 0 Å². The number of halogens is 1. The van der Waals surface area contributed by atoms with Gasteiger partial charge in [0.25, 0.3) is 0 Å². The number of carboxylic acid groups (broad SMARTS) is 1. The van der Waals surface area contributed by atoms with E-state index >= 15 is 0 Å². The highest BCUT2D eigenvalue weighted by molar-refractivity contribution is 5.84. The predicted molar refractivity (Wildman–Crippen MR) is 88.7 cm³/mol. The molecule has 0 aliphatic heterocycles. The van der Waals surface area contributed by atoms with E-state index in [-0.39, 0.29) is 12.0 Å². The number of phenols is 1. The van der Waals surface area contributed by atoms with E-state index in [1.54, 1.807) is 30.3 Å². The molecule has 0 bridgehead atoms. The molecule has 0 saturated heterocycles. The first kappa shape index (κ1) is 18.0. The Labute approximate surface area is 143 Å². The maximum absolute atomic E-state index is 13.6. The summed E-state index contributed by atoms with van der Waals surface area (Å²) < 4.78 is 18.8. The number of phenolic OH excluding ortho intramolecular Hbond substituents is 1. The number of amides is 1. The Kier molecular flexibility index (Phi) is 6.11. The van der Waals surface area contributed by atoms with Crippen LogP contribution < -0.4 is 5.32 Å². The normalized spacial score (nSPS) is 11.9. The Morgan fingerprint density at radius 2 is 1.92 bits per heavy atom. The number of carboxylic acids is 1. The average Bonchev–Trinajstić information content (AvgIpc) is 2.57. The number of rotatable bonds is 6. The minimum atomic E-state index is -1.15. The molecule has 2 rings (SSSR count). The molecule has 2 aromatic rings. The van der Waals surface area contributed by atoms with Crippen molar-refractivity contribution in [1.29, 1.82) is 0 Å². The van der Waals surface area contributed by atoms with Crippen LogP contribution in [0.4, 0.5) is 14.9 Å². The van der Waals surface area contributed by atoms with Gasteiger partial charge in [-0.3, -0.25) is 5.32 Å². The molecule has 25 heavy (non-hydrogen) atoms. The number of anilines is 1. The van der Waals surface area contributed by atoms with Gasteiger partial charge in [-0.2, -0.15) is 0 Å². The van der Waals surface area contributed by atoms with Crippen LogP contribution in [0.1, 0.15) is 18.1 Å². The summed E-state index contributed by atoms with van der Waals surface area (Å²) in [5, 5.41) is 20.4. The van der Waals surface area contributed by atoms with Crippen molar-refractivity contribution >= 4 is 17.7 Å². The molecule has 130 valence electrons. The Bertz CT molecular complexity index is 776. The number of benzene rings is 2. The van der Waals surface area contributed by atoms with Crippen LogP contribution in [0.15, 0.2) is 60.7 Å². The molecule has 3 N–H and O–H groups in total. The summed E-state index contributed by atoms with van der Waals surface area (Å²) in [5.41, 5.74) is 0.803. The largest absolute Gasteiger partial charge is 0.505 e. The van der Waals surface area contributed by atoms with Gasteiger partial charge in [-0.1, -0.05) is 30.3 Å². The number of hydrogen-bond donors (Lipinski definition) is 3. The Hall–Kier alpha value is -3.35. The Morgan fingerprint density at radius 1 is 1.20 bits per heavy atom. The van der Waals surface area contributed by atoms with Crippen LogP contribution in [-0.4, -0.2) is 22.3 Å². The second-order valence-electron chi connectivity index (χ2n) is 5.07. The van der Waals surface area contributed by atoms with Gasteiger partial charge in [0.1, 0.15) is 6.10 Å².